The van der Waals surface area contributed by atoms with Gasteiger partial charge in [-0.15, -0.1) is 0 Å². The van der Waals surface area contributed by atoms with E-state index in [4.69, 9.17) is 9.47 Å². The number of hydrogen-bond acceptors (Lipinski definition) is 3. The van der Waals surface area contributed by atoms with E-state index < -0.39 is 6.29 Å². The lowest BCUT2D eigenvalue weighted by atomic mass is 10.1. The number of hydrogen-bond donors (Lipinski definition) is 1. The van der Waals surface area contributed by atoms with Crippen LogP contribution >= 0.6 is 0 Å². The zero-order valence-electron chi connectivity index (χ0n) is 11.5. The van der Waals surface area contributed by atoms with E-state index >= 15 is 0 Å². The summed E-state index contributed by atoms with van der Waals surface area (Å²) in [5, 5.41) is 2.72. The average molecular weight is 269 g/mol. The maximum Gasteiger partial charge on any atom is 0.251 e. The molecule has 0 aliphatic heterocycles. The van der Waals surface area contributed by atoms with Crippen LogP contribution in [-0.2, 0) is 9.47 Å². The van der Waals surface area contributed by atoms with Crippen molar-refractivity contribution in [1.29, 1.82) is 0 Å². The minimum absolute atomic E-state index is 0.261. The first-order valence-electron chi connectivity index (χ1n) is 6.36. The zero-order valence-corrected chi connectivity index (χ0v) is 11.5. The van der Waals surface area contributed by atoms with Gasteiger partial charge in [0.2, 0.25) is 0 Å². The van der Waals surface area contributed by atoms with Crippen molar-refractivity contribution < 1.29 is 18.7 Å². The number of carbonyl (C=O) groups excluding carboxylic acids is 1. The van der Waals surface area contributed by atoms with Gasteiger partial charge in [-0.3, -0.25) is 4.79 Å². The molecule has 4 nitrogen and oxygen atoms in total. The van der Waals surface area contributed by atoms with Crippen LogP contribution in [-0.4, -0.2) is 32.0 Å². The Kier molecular flexibility index (Phi) is 6.45. The van der Waals surface area contributed by atoms with Crippen molar-refractivity contribution in [1.82, 2.24) is 5.32 Å². The molecule has 1 aromatic rings. The number of halogens is 1. The molecule has 0 bridgehead atoms. The van der Waals surface area contributed by atoms with Gasteiger partial charge in [0.25, 0.3) is 5.91 Å². The molecule has 0 spiro atoms. The molecule has 1 rings (SSSR count). The van der Waals surface area contributed by atoms with Crippen LogP contribution in [0, 0.1) is 12.7 Å². The third kappa shape index (κ3) is 4.96. The summed E-state index contributed by atoms with van der Waals surface area (Å²) in [6, 6.07) is 4.07. The molecule has 0 saturated carbocycles. The van der Waals surface area contributed by atoms with Gasteiger partial charge in [0.15, 0.2) is 6.29 Å². The quantitative estimate of drug-likeness (QED) is 0.772. The van der Waals surface area contributed by atoms with E-state index in [9.17, 15) is 9.18 Å². The molecule has 0 heterocycles. The smallest absolute Gasteiger partial charge is 0.251 e. The minimum atomic E-state index is -0.459. The minimum Gasteiger partial charge on any atom is -0.351 e. The molecular formula is C14H20FNO3. The lowest BCUT2D eigenvalue weighted by Gasteiger charge is -2.17. The zero-order chi connectivity index (χ0) is 14.3. The molecule has 0 atom stereocenters. The molecule has 1 N–H and O–H groups in total. The first-order valence-corrected chi connectivity index (χ1v) is 6.36. The summed E-state index contributed by atoms with van der Waals surface area (Å²) < 4.78 is 23.6. The molecule has 1 aromatic carbocycles. The van der Waals surface area contributed by atoms with Gasteiger partial charge in [0.05, 0.1) is 6.54 Å². The summed E-state index contributed by atoms with van der Waals surface area (Å²) in [7, 11) is 0. The summed E-state index contributed by atoms with van der Waals surface area (Å²) in [6.07, 6.45) is -0.459. The van der Waals surface area contributed by atoms with Crippen LogP contribution in [0.25, 0.3) is 0 Å². The molecule has 0 saturated heterocycles. The SMILES string of the molecule is CCOC(CNC(=O)c1ccc(F)cc1C)OCC. The Morgan fingerprint density at radius 1 is 1.32 bits per heavy atom. The van der Waals surface area contributed by atoms with E-state index in [0.717, 1.165) is 0 Å². The van der Waals surface area contributed by atoms with E-state index in [0.29, 0.717) is 24.3 Å². The fourth-order valence-electron chi connectivity index (χ4n) is 1.69. The van der Waals surface area contributed by atoms with Crippen LogP contribution in [0.3, 0.4) is 0 Å². The van der Waals surface area contributed by atoms with Gasteiger partial charge in [0.1, 0.15) is 5.82 Å². The van der Waals surface area contributed by atoms with Gasteiger partial charge in [-0.05, 0) is 44.5 Å². The molecule has 0 aliphatic carbocycles. The van der Waals surface area contributed by atoms with Crippen LogP contribution < -0.4 is 5.32 Å². The average Bonchev–Trinajstić information content (AvgIpc) is 2.36. The summed E-state index contributed by atoms with van der Waals surface area (Å²) in [5.41, 5.74) is 1.05. The first-order chi connectivity index (χ1) is 9.08. The summed E-state index contributed by atoms with van der Waals surface area (Å²) in [6.45, 7) is 6.69. The van der Waals surface area contributed by atoms with Crippen LogP contribution in [0.4, 0.5) is 4.39 Å². The highest BCUT2D eigenvalue weighted by Crippen LogP contribution is 2.10. The monoisotopic (exact) mass is 269 g/mol. The second-order valence-corrected chi connectivity index (χ2v) is 4.01. The highest BCUT2D eigenvalue weighted by molar-refractivity contribution is 5.95. The molecule has 1 amide bonds. The van der Waals surface area contributed by atoms with E-state index in [2.05, 4.69) is 5.32 Å². The van der Waals surface area contributed by atoms with Crippen molar-refractivity contribution in [2.45, 2.75) is 27.1 Å². The Bertz CT molecular complexity index is 417. The number of aryl methyl sites for hydroxylation is 1. The summed E-state index contributed by atoms with van der Waals surface area (Å²) in [4.78, 5) is 11.9. The number of amides is 1. The summed E-state index contributed by atoms with van der Waals surface area (Å²) >= 11 is 0. The van der Waals surface area contributed by atoms with Crippen molar-refractivity contribution in [3.63, 3.8) is 0 Å². The fraction of sp³-hybridized carbons (Fsp3) is 0.500. The largest absolute Gasteiger partial charge is 0.351 e. The van der Waals surface area contributed by atoms with E-state index in [1.54, 1.807) is 6.92 Å². The van der Waals surface area contributed by atoms with Crippen LogP contribution in [0.5, 0.6) is 0 Å². The second-order valence-electron chi connectivity index (χ2n) is 4.01. The van der Waals surface area contributed by atoms with Crippen LogP contribution in [0.15, 0.2) is 18.2 Å². The molecule has 0 radical (unpaired) electrons. The van der Waals surface area contributed by atoms with Gasteiger partial charge in [-0.25, -0.2) is 4.39 Å². The molecule has 0 aliphatic rings. The van der Waals surface area contributed by atoms with Gasteiger partial charge < -0.3 is 14.8 Å². The summed E-state index contributed by atoms with van der Waals surface area (Å²) in [5.74, 6) is -0.613. The highest BCUT2D eigenvalue weighted by Gasteiger charge is 2.13. The Morgan fingerprint density at radius 2 is 1.95 bits per heavy atom. The van der Waals surface area contributed by atoms with Gasteiger partial charge >= 0.3 is 0 Å². The number of carbonyl (C=O) groups is 1. The number of nitrogens with one attached hydrogen (secondary N) is 1. The Morgan fingerprint density at radius 3 is 2.47 bits per heavy atom. The fourth-order valence-corrected chi connectivity index (χ4v) is 1.69. The Balaban J connectivity index is 2.58. The van der Waals surface area contributed by atoms with Crippen LogP contribution in [0.2, 0.25) is 0 Å². The molecule has 19 heavy (non-hydrogen) atoms. The first kappa shape index (κ1) is 15.6. The predicted octanol–water partition coefficient (Wildman–Crippen LogP) is 2.26. The lowest BCUT2D eigenvalue weighted by molar-refractivity contribution is -0.131. The lowest BCUT2D eigenvalue weighted by Crippen LogP contribution is -2.35. The molecule has 5 heteroatoms. The van der Waals surface area contributed by atoms with Crippen molar-refractivity contribution in [2.24, 2.45) is 0 Å². The second kappa shape index (κ2) is 7.86. The normalized spacial score (nSPS) is 10.8. The Hall–Kier alpha value is -1.46. The molecule has 0 unspecified atom stereocenters. The Labute approximate surface area is 112 Å². The highest BCUT2D eigenvalue weighted by atomic mass is 19.1. The van der Waals surface area contributed by atoms with Gasteiger partial charge in [-0.2, -0.15) is 0 Å². The van der Waals surface area contributed by atoms with E-state index in [1.165, 1.54) is 18.2 Å². The van der Waals surface area contributed by atoms with Gasteiger partial charge in [-0.1, -0.05) is 0 Å². The van der Waals surface area contributed by atoms with E-state index in [1.807, 2.05) is 13.8 Å². The molecular weight excluding hydrogens is 249 g/mol. The molecule has 106 valence electrons. The molecule has 0 aromatic heterocycles. The van der Waals surface area contributed by atoms with E-state index in [-0.39, 0.29) is 18.3 Å². The van der Waals surface area contributed by atoms with Gasteiger partial charge in [0, 0.05) is 18.8 Å². The molecule has 0 fully saturated rings. The topological polar surface area (TPSA) is 47.6 Å². The predicted molar refractivity (Wildman–Crippen MR) is 70.5 cm³/mol. The number of rotatable bonds is 7. The van der Waals surface area contributed by atoms with Crippen molar-refractivity contribution in [2.75, 3.05) is 19.8 Å². The third-order valence-electron chi connectivity index (χ3n) is 2.57. The van der Waals surface area contributed by atoms with Crippen molar-refractivity contribution in [3.05, 3.63) is 35.1 Å². The number of ether oxygens (including phenoxy) is 2. The maximum atomic E-state index is 13.0. The van der Waals surface area contributed by atoms with Crippen LogP contribution in [0.1, 0.15) is 29.8 Å². The standard InChI is InChI=1S/C14H20FNO3/c1-4-18-13(19-5-2)9-16-14(17)12-7-6-11(15)8-10(12)3/h6-8,13H,4-5,9H2,1-3H3,(H,16,17). The number of benzene rings is 1. The van der Waals surface area contributed by atoms with Crippen molar-refractivity contribution >= 4 is 5.91 Å². The van der Waals surface area contributed by atoms with Crippen molar-refractivity contribution in [3.8, 4) is 0 Å². The third-order valence-corrected chi connectivity index (χ3v) is 2.57. The maximum absolute atomic E-state index is 13.0.